The van der Waals surface area contributed by atoms with Crippen LogP contribution in [0.25, 0.3) is 0 Å². The van der Waals surface area contributed by atoms with Crippen molar-refractivity contribution in [3.8, 4) is 5.75 Å². The molecule has 0 aliphatic heterocycles. The molecule has 0 aliphatic rings. The Labute approximate surface area is 118 Å². The minimum atomic E-state index is -0.259. The Balaban J connectivity index is 2.21. The average Bonchev–Trinajstić information content (AvgIpc) is 2.47. The Morgan fingerprint density at radius 1 is 1.20 bits per heavy atom. The zero-order chi connectivity index (χ0) is 14.5. The summed E-state index contributed by atoms with van der Waals surface area (Å²) < 4.78 is 19.4. The molecule has 0 saturated carbocycles. The molecular formula is C16H19FN2O. The number of methoxy groups -OCH3 is 1. The minimum Gasteiger partial charge on any atom is -0.496 e. The van der Waals surface area contributed by atoms with Crippen LogP contribution >= 0.6 is 0 Å². The second kappa shape index (κ2) is 6.39. The first-order valence-electron chi connectivity index (χ1n) is 6.47. The predicted molar refractivity (Wildman–Crippen MR) is 79.4 cm³/mol. The molecule has 0 radical (unpaired) electrons. The van der Waals surface area contributed by atoms with Gasteiger partial charge in [-0.05, 0) is 23.8 Å². The normalized spacial score (nSPS) is 10.4. The third-order valence-electron chi connectivity index (χ3n) is 3.26. The van der Waals surface area contributed by atoms with E-state index < -0.39 is 0 Å². The monoisotopic (exact) mass is 274 g/mol. The summed E-state index contributed by atoms with van der Waals surface area (Å²) in [5.74, 6) is 0.545. The Morgan fingerprint density at radius 2 is 1.95 bits per heavy atom. The molecule has 0 unspecified atom stereocenters. The molecule has 0 bridgehead atoms. The van der Waals surface area contributed by atoms with Gasteiger partial charge in [0, 0.05) is 25.7 Å². The quantitative estimate of drug-likeness (QED) is 0.911. The number of para-hydroxylation sites is 1. The van der Waals surface area contributed by atoms with Crippen LogP contribution in [0.1, 0.15) is 11.1 Å². The van der Waals surface area contributed by atoms with Gasteiger partial charge in [0.05, 0.1) is 12.8 Å². The van der Waals surface area contributed by atoms with Gasteiger partial charge in [0.15, 0.2) is 0 Å². The first kappa shape index (κ1) is 14.3. The molecule has 2 aromatic carbocycles. The van der Waals surface area contributed by atoms with Crippen LogP contribution in [0.5, 0.6) is 5.75 Å². The van der Waals surface area contributed by atoms with Crippen molar-refractivity contribution in [1.82, 2.24) is 0 Å². The Hall–Kier alpha value is -2.07. The molecule has 0 heterocycles. The zero-order valence-corrected chi connectivity index (χ0v) is 11.8. The molecule has 4 heteroatoms. The highest BCUT2D eigenvalue weighted by atomic mass is 19.1. The van der Waals surface area contributed by atoms with E-state index in [1.807, 2.05) is 42.3 Å². The highest BCUT2D eigenvalue weighted by Crippen LogP contribution is 2.24. The number of ether oxygens (including phenoxy) is 1. The van der Waals surface area contributed by atoms with Crippen LogP contribution in [0, 0.1) is 5.82 Å². The van der Waals surface area contributed by atoms with E-state index in [9.17, 15) is 4.39 Å². The fraction of sp³-hybridized carbons (Fsp3) is 0.250. The number of benzene rings is 2. The molecule has 0 fully saturated rings. The van der Waals surface area contributed by atoms with Gasteiger partial charge in [0.25, 0.3) is 0 Å². The van der Waals surface area contributed by atoms with Crippen LogP contribution in [0.4, 0.5) is 10.1 Å². The second-order valence-corrected chi connectivity index (χ2v) is 4.66. The summed E-state index contributed by atoms with van der Waals surface area (Å²) in [6, 6.07) is 12.8. The standard InChI is InChI=1S/C16H19FN2O/c1-19(11-13-5-3-4-6-16(13)20-2)15-8-7-12(10-18)9-14(15)17/h3-9H,10-11,18H2,1-2H3. The summed E-state index contributed by atoms with van der Waals surface area (Å²) in [5.41, 5.74) is 7.86. The number of nitrogens with zero attached hydrogens (tertiary/aromatic N) is 1. The zero-order valence-electron chi connectivity index (χ0n) is 11.8. The lowest BCUT2D eigenvalue weighted by atomic mass is 10.1. The van der Waals surface area contributed by atoms with E-state index in [-0.39, 0.29) is 5.82 Å². The van der Waals surface area contributed by atoms with Crippen LogP contribution in [0.3, 0.4) is 0 Å². The van der Waals surface area contributed by atoms with Crippen LogP contribution < -0.4 is 15.4 Å². The number of nitrogens with two attached hydrogens (primary N) is 1. The molecule has 20 heavy (non-hydrogen) atoms. The van der Waals surface area contributed by atoms with Crippen molar-refractivity contribution in [3.63, 3.8) is 0 Å². The smallest absolute Gasteiger partial charge is 0.146 e. The average molecular weight is 274 g/mol. The lowest BCUT2D eigenvalue weighted by Crippen LogP contribution is -2.18. The first-order valence-corrected chi connectivity index (χ1v) is 6.47. The fourth-order valence-electron chi connectivity index (χ4n) is 2.16. The topological polar surface area (TPSA) is 38.5 Å². The van der Waals surface area contributed by atoms with Gasteiger partial charge in [0.1, 0.15) is 11.6 Å². The maximum atomic E-state index is 14.0. The van der Waals surface area contributed by atoms with Gasteiger partial charge in [0.2, 0.25) is 0 Å². The van der Waals surface area contributed by atoms with Gasteiger partial charge in [-0.25, -0.2) is 4.39 Å². The SMILES string of the molecule is COc1ccccc1CN(C)c1ccc(CN)cc1F. The molecule has 2 N–H and O–H groups in total. The van der Waals surface area contributed by atoms with Crippen molar-refractivity contribution in [2.45, 2.75) is 13.1 Å². The molecule has 2 aromatic rings. The van der Waals surface area contributed by atoms with E-state index in [4.69, 9.17) is 10.5 Å². The number of halogens is 1. The lowest BCUT2D eigenvalue weighted by Gasteiger charge is -2.21. The highest BCUT2D eigenvalue weighted by molar-refractivity contribution is 5.50. The number of hydrogen-bond donors (Lipinski definition) is 1. The third kappa shape index (κ3) is 3.08. The van der Waals surface area contributed by atoms with Gasteiger partial charge in [-0.1, -0.05) is 24.3 Å². The second-order valence-electron chi connectivity index (χ2n) is 4.66. The van der Waals surface area contributed by atoms with Crippen molar-refractivity contribution >= 4 is 5.69 Å². The first-order chi connectivity index (χ1) is 9.65. The molecule has 0 spiro atoms. The Morgan fingerprint density at radius 3 is 2.60 bits per heavy atom. The van der Waals surface area contributed by atoms with Crippen LogP contribution in [0.2, 0.25) is 0 Å². The number of rotatable bonds is 5. The van der Waals surface area contributed by atoms with E-state index in [1.165, 1.54) is 6.07 Å². The molecule has 0 aromatic heterocycles. The molecule has 2 rings (SSSR count). The molecule has 3 nitrogen and oxygen atoms in total. The number of anilines is 1. The van der Waals surface area contributed by atoms with Gasteiger partial charge < -0.3 is 15.4 Å². The lowest BCUT2D eigenvalue weighted by molar-refractivity contribution is 0.409. The molecule has 0 atom stereocenters. The van der Waals surface area contributed by atoms with Crippen LogP contribution in [-0.4, -0.2) is 14.2 Å². The Bertz CT molecular complexity index is 586. The highest BCUT2D eigenvalue weighted by Gasteiger charge is 2.11. The summed E-state index contributed by atoms with van der Waals surface area (Å²) in [6.45, 7) is 0.913. The molecular weight excluding hydrogens is 255 g/mol. The predicted octanol–water partition coefficient (Wildman–Crippen LogP) is 2.93. The summed E-state index contributed by atoms with van der Waals surface area (Å²) in [5, 5.41) is 0. The Kier molecular flexibility index (Phi) is 4.58. The van der Waals surface area contributed by atoms with Crippen molar-refractivity contribution in [2.24, 2.45) is 5.73 Å². The third-order valence-corrected chi connectivity index (χ3v) is 3.26. The van der Waals surface area contributed by atoms with Crippen LogP contribution in [-0.2, 0) is 13.1 Å². The van der Waals surface area contributed by atoms with Crippen molar-refractivity contribution < 1.29 is 9.13 Å². The van der Waals surface area contributed by atoms with E-state index in [0.717, 1.165) is 16.9 Å². The summed E-state index contributed by atoms with van der Waals surface area (Å²) in [7, 11) is 3.49. The maximum Gasteiger partial charge on any atom is 0.146 e. The minimum absolute atomic E-state index is 0.259. The molecule has 106 valence electrons. The number of hydrogen-bond acceptors (Lipinski definition) is 3. The molecule has 0 amide bonds. The summed E-state index contributed by atoms with van der Waals surface area (Å²) in [6.07, 6.45) is 0. The fourth-order valence-corrected chi connectivity index (χ4v) is 2.16. The van der Waals surface area contributed by atoms with E-state index in [1.54, 1.807) is 13.2 Å². The molecule has 0 saturated heterocycles. The van der Waals surface area contributed by atoms with E-state index in [2.05, 4.69) is 0 Å². The summed E-state index contributed by atoms with van der Waals surface area (Å²) >= 11 is 0. The maximum absolute atomic E-state index is 14.0. The van der Waals surface area contributed by atoms with Crippen LogP contribution in [0.15, 0.2) is 42.5 Å². The van der Waals surface area contributed by atoms with Gasteiger partial charge in [-0.3, -0.25) is 0 Å². The van der Waals surface area contributed by atoms with E-state index >= 15 is 0 Å². The van der Waals surface area contributed by atoms with E-state index in [0.29, 0.717) is 18.8 Å². The van der Waals surface area contributed by atoms with Gasteiger partial charge >= 0.3 is 0 Å². The summed E-state index contributed by atoms with van der Waals surface area (Å²) in [4.78, 5) is 1.85. The van der Waals surface area contributed by atoms with Crippen molar-refractivity contribution in [2.75, 3.05) is 19.1 Å². The van der Waals surface area contributed by atoms with Crippen molar-refractivity contribution in [3.05, 3.63) is 59.4 Å². The largest absolute Gasteiger partial charge is 0.496 e. The van der Waals surface area contributed by atoms with Gasteiger partial charge in [-0.15, -0.1) is 0 Å². The molecule has 0 aliphatic carbocycles. The van der Waals surface area contributed by atoms with Crippen molar-refractivity contribution in [1.29, 1.82) is 0 Å². The van der Waals surface area contributed by atoms with Gasteiger partial charge in [-0.2, -0.15) is 0 Å².